The summed E-state index contributed by atoms with van der Waals surface area (Å²) in [5.74, 6) is 1.15. The van der Waals surface area contributed by atoms with E-state index in [-0.39, 0.29) is 31.0 Å². The molecule has 0 spiro atoms. The van der Waals surface area contributed by atoms with Crippen LogP contribution in [0.4, 0.5) is 11.4 Å². The van der Waals surface area contributed by atoms with Gasteiger partial charge in [0.15, 0.2) is 0 Å². The van der Waals surface area contributed by atoms with E-state index in [1.165, 1.54) is 24.3 Å². The topological polar surface area (TPSA) is 160 Å². The van der Waals surface area contributed by atoms with Gasteiger partial charge >= 0.3 is 0 Å². The zero-order valence-electron chi connectivity index (χ0n) is 26.0. The molecule has 2 heterocycles. The molecule has 2 aromatic heterocycles. The summed E-state index contributed by atoms with van der Waals surface area (Å²) in [5, 5.41) is 30.4. The highest BCUT2D eigenvalue weighted by molar-refractivity contribution is 9.08. The van der Waals surface area contributed by atoms with Crippen molar-refractivity contribution >= 4 is 27.3 Å². The molecule has 0 atom stereocenters. The molecule has 0 amide bonds. The molecule has 2 aromatic carbocycles. The minimum absolute atomic E-state index is 0. The first-order valence-electron chi connectivity index (χ1n) is 13.8. The van der Waals surface area contributed by atoms with Crippen LogP contribution in [-0.2, 0) is 16.7 Å². The Hall–Kier alpha value is -4.46. The Morgan fingerprint density at radius 2 is 1.17 bits per heavy atom. The number of aliphatic hydroxyl groups excluding tert-OH is 1. The van der Waals surface area contributed by atoms with E-state index in [9.17, 15) is 20.2 Å². The number of ether oxygens (including phenoxy) is 3. The molecule has 0 saturated heterocycles. The van der Waals surface area contributed by atoms with Crippen molar-refractivity contribution in [3.63, 3.8) is 0 Å². The van der Waals surface area contributed by atoms with Crippen molar-refractivity contribution in [1.29, 1.82) is 0 Å². The van der Waals surface area contributed by atoms with Crippen molar-refractivity contribution in [1.82, 2.24) is 9.97 Å². The van der Waals surface area contributed by atoms with E-state index in [2.05, 4.69) is 25.9 Å². The van der Waals surface area contributed by atoms with Crippen molar-refractivity contribution in [3.05, 3.63) is 104 Å². The minimum Gasteiger partial charge on any atom is -0.494 e. The molecule has 0 aliphatic heterocycles. The largest absolute Gasteiger partial charge is 0.494 e. The first-order valence-corrected chi connectivity index (χ1v) is 14.9. The van der Waals surface area contributed by atoms with Crippen LogP contribution >= 0.6 is 15.9 Å². The number of hydrogen-bond acceptors (Lipinski definition) is 10. The molecule has 4 aromatic rings. The summed E-state index contributed by atoms with van der Waals surface area (Å²) < 4.78 is 16.1. The van der Waals surface area contributed by atoms with E-state index in [0.717, 1.165) is 11.4 Å². The fourth-order valence-electron chi connectivity index (χ4n) is 3.66. The summed E-state index contributed by atoms with van der Waals surface area (Å²) in [6.45, 7) is 7.72. The Morgan fingerprint density at radius 3 is 1.54 bits per heavy atom. The molecule has 0 bridgehead atoms. The molecule has 4 rings (SSSR count). The third-order valence-corrected chi connectivity index (χ3v) is 6.21. The van der Waals surface area contributed by atoms with Crippen LogP contribution < -0.4 is 9.47 Å². The summed E-state index contributed by atoms with van der Waals surface area (Å²) in [5.41, 5.74) is 4.10. The number of aromatic nitrogens is 2. The molecule has 0 aliphatic carbocycles. The lowest BCUT2D eigenvalue weighted by molar-refractivity contribution is -0.385. The quantitative estimate of drug-likeness (QED) is 0.0970. The predicted molar refractivity (Wildman–Crippen MR) is 182 cm³/mol. The van der Waals surface area contributed by atoms with Crippen LogP contribution in [0, 0.1) is 20.2 Å². The second kappa shape index (κ2) is 19.8. The van der Waals surface area contributed by atoms with Crippen LogP contribution in [0.3, 0.4) is 0 Å². The van der Waals surface area contributed by atoms with Gasteiger partial charge < -0.3 is 19.3 Å². The zero-order valence-corrected chi connectivity index (χ0v) is 27.6. The van der Waals surface area contributed by atoms with Crippen LogP contribution in [0.1, 0.15) is 46.5 Å². The van der Waals surface area contributed by atoms with Gasteiger partial charge in [0.2, 0.25) is 0 Å². The van der Waals surface area contributed by atoms with Gasteiger partial charge in [0.05, 0.1) is 48.2 Å². The number of alkyl halides is 1. The normalized spacial score (nSPS) is 10.1. The van der Waals surface area contributed by atoms with Crippen molar-refractivity contribution in [2.75, 3.05) is 14.2 Å². The lowest BCUT2D eigenvalue weighted by Crippen LogP contribution is -2.04. The summed E-state index contributed by atoms with van der Waals surface area (Å²) in [6, 6.07) is 19.9. The van der Waals surface area contributed by atoms with Crippen molar-refractivity contribution in [2.24, 2.45) is 0 Å². The Morgan fingerprint density at radius 1 is 0.761 bits per heavy atom. The van der Waals surface area contributed by atoms with Crippen LogP contribution in [0.25, 0.3) is 22.5 Å². The molecule has 0 radical (unpaired) electrons. The van der Waals surface area contributed by atoms with E-state index < -0.39 is 9.85 Å². The average Bonchev–Trinajstić information content (AvgIpc) is 3.03. The Bertz CT molecular complexity index is 1560. The third kappa shape index (κ3) is 12.5. The molecule has 248 valence electrons. The van der Waals surface area contributed by atoms with Gasteiger partial charge in [-0.25, -0.2) is 9.97 Å². The number of rotatable bonds is 10. The maximum Gasteiger partial charge on any atom is 0.270 e. The minimum atomic E-state index is -0.429. The monoisotopic (exact) mass is 700 g/mol. The smallest absolute Gasteiger partial charge is 0.270 e. The number of non-ortho nitro benzene ring substituents is 2. The number of aliphatic hydroxyl groups is 1. The first-order chi connectivity index (χ1) is 21.4. The number of nitro benzene ring substituents is 2. The molecule has 0 unspecified atom stereocenters. The predicted octanol–water partition coefficient (Wildman–Crippen LogP) is 8.17. The molecular formula is C33H41BrN4O8. The van der Waals surface area contributed by atoms with Gasteiger partial charge in [0.1, 0.15) is 22.9 Å². The Balaban J connectivity index is 0.000000407. The van der Waals surface area contributed by atoms with Crippen molar-refractivity contribution in [3.8, 4) is 34.0 Å². The lowest BCUT2D eigenvalue weighted by Gasteiger charge is -2.11. The van der Waals surface area contributed by atoms with Gasteiger partial charge in [-0.05, 0) is 52.0 Å². The van der Waals surface area contributed by atoms with E-state index in [4.69, 9.17) is 19.3 Å². The summed E-state index contributed by atoms with van der Waals surface area (Å²) in [4.78, 5) is 29.8. The van der Waals surface area contributed by atoms with Gasteiger partial charge in [-0.2, -0.15) is 0 Å². The van der Waals surface area contributed by atoms with Gasteiger partial charge in [0.25, 0.3) is 11.4 Å². The number of benzene rings is 2. The number of methoxy groups -OCH3 is 2. The second-order valence-corrected chi connectivity index (χ2v) is 10.5. The molecule has 0 fully saturated rings. The lowest BCUT2D eigenvalue weighted by atomic mass is 10.1. The maximum absolute atomic E-state index is 10.9. The molecule has 46 heavy (non-hydrogen) atoms. The number of nitrogens with zero attached hydrogens (tertiary/aromatic N) is 4. The van der Waals surface area contributed by atoms with E-state index in [1.807, 2.05) is 26.0 Å². The van der Waals surface area contributed by atoms with E-state index in [1.54, 1.807) is 64.5 Å². The number of hydrogen-bond donors (Lipinski definition) is 1. The Labute approximate surface area is 277 Å². The highest BCUT2D eigenvalue weighted by Gasteiger charge is 2.14. The fraction of sp³-hybridized carbons (Fsp3) is 0.333. The highest BCUT2D eigenvalue weighted by Crippen LogP contribution is 2.32. The highest BCUT2D eigenvalue weighted by atomic mass is 79.9. The molecule has 12 nitrogen and oxygen atoms in total. The van der Waals surface area contributed by atoms with Crippen LogP contribution in [-0.4, -0.2) is 51.3 Å². The maximum atomic E-state index is 10.9. The second-order valence-electron chi connectivity index (χ2n) is 9.91. The first kappa shape index (κ1) is 39.6. The standard InChI is InChI=1S/C16H18N2O4.C13H11BrN2O3.C3H8O.CH4/c1-11(2)22-10-13-7-8-15(21-3)16(17-13)12-5-4-6-14(9-12)18(19)20;1-19-12-6-5-10(8-14)15-13(12)9-3-2-4-11(7-9)16(17)18;1-3(2)4;/h4-9,11H,10H2,1-3H3;2-7H,8H2,1H3;3-4H,1-2H3;1H4. The molecule has 0 saturated carbocycles. The fourth-order valence-corrected chi connectivity index (χ4v) is 3.97. The molecular weight excluding hydrogens is 660 g/mol. The number of halogens is 1. The molecule has 13 heteroatoms. The van der Waals surface area contributed by atoms with Crippen LogP contribution in [0.2, 0.25) is 0 Å². The zero-order chi connectivity index (χ0) is 33.5. The van der Waals surface area contributed by atoms with Gasteiger partial charge in [-0.1, -0.05) is 47.6 Å². The van der Waals surface area contributed by atoms with Crippen molar-refractivity contribution < 1.29 is 29.2 Å². The summed E-state index contributed by atoms with van der Waals surface area (Å²) in [6.07, 6.45) is -0.0647. The average molecular weight is 702 g/mol. The number of pyridine rings is 2. The van der Waals surface area contributed by atoms with E-state index >= 15 is 0 Å². The van der Waals surface area contributed by atoms with Gasteiger partial charge in [0, 0.05) is 46.8 Å². The molecule has 1 N–H and O–H groups in total. The van der Waals surface area contributed by atoms with E-state index in [0.29, 0.717) is 46.0 Å². The third-order valence-electron chi connectivity index (χ3n) is 5.63. The van der Waals surface area contributed by atoms with Gasteiger partial charge in [-0.15, -0.1) is 0 Å². The molecule has 0 aliphatic rings. The Kier molecular flexibility index (Phi) is 17.1. The van der Waals surface area contributed by atoms with Crippen molar-refractivity contribution in [2.45, 2.75) is 59.3 Å². The van der Waals surface area contributed by atoms with Crippen LogP contribution in [0.5, 0.6) is 11.5 Å². The van der Waals surface area contributed by atoms with Gasteiger partial charge in [-0.3, -0.25) is 20.2 Å². The summed E-state index contributed by atoms with van der Waals surface area (Å²) in [7, 11) is 3.09. The van der Waals surface area contributed by atoms with Crippen LogP contribution in [0.15, 0.2) is 72.8 Å². The summed E-state index contributed by atoms with van der Waals surface area (Å²) >= 11 is 3.34. The number of nitro groups is 2. The SMILES string of the molecule is C.CC(C)O.COc1ccc(CBr)nc1-c1cccc([N+](=O)[O-])c1.COc1ccc(COC(C)C)nc1-c1cccc([N+](=O)[O-])c1.